The van der Waals surface area contributed by atoms with Crippen molar-refractivity contribution in [2.45, 2.75) is 0 Å². The number of carboxylic acids is 1. The molecule has 0 aliphatic rings. The molecule has 0 bridgehead atoms. The molecule has 0 spiro atoms. The van der Waals surface area contributed by atoms with Crippen molar-refractivity contribution < 1.29 is 14.7 Å². The number of carboxylic acid groups (broad SMARTS) is 1. The molecule has 0 aliphatic heterocycles. The van der Waals surface area contributed by atoms with Gasteiger partial charge < -0.3 is 14.8 Å². The summed E-state index contributed by atoms with van der Waals surface area (Å²) in [5, 5.41) is 11.1. The summed E-state index contributed by atoms with van der Waals surface area (Å²) >= 11 is 0. The topological polar surface area (TPSA) is 83.7 Å². The zero-order valence-electron chi connectivity index (χ0n) is 12.0. The smallest absolute Gasteiger partial charge is 0.328 e. The minimum absolute atomic E-state index is 0.493. The van der Waals surface area contributed by atoms with E-state index in [1.54, 1.807) is 12.1 Å². The number of aromatic nitrogens is 2. The monoisotopic (exact) mass is 307 g/mol. The number of pyridine rings is 1. The molecular formula is C17H13N3O3. The van der Waals surface area contributed by atoms with E-state index in [1.807, 2.05) is 47.1 Å². The molecule has 0 saturated carbocycles. The van der Waals surface area contributed by atoms with Gasteiger partial charge in [-0.05, 0) is 24.3 Å². The van der Waals surface area contributed by atoms with E-state index >= 15 is 0 Å². The third-order valence-electron chi connectivity index (χ3n) is 3.19. The number of anilines is 1. The number of nitrogens with zero attached hydrogens (tertiary/aromatic N) is 2. The third kappa shape index (κ3) is 3.44. The maximum Gasteiger partial charge on any atom is 0.328 e. The highest BCUT2D eigenvalue weighted by atomic mass is 16.4. The van der Waals surface area contributed by atoms with E-state index in [-0.39, 0.29) is 0 Å². The molecule has 0 atom stereocenters. The molecule has 0 aliphatic carbocycles. The number of carbonyl (C=O) groups excluding carboxylic acids is 1. The number of imidazole rings is 1. The molecule has 0 saturated heterocycles. The number of benzene rings is 1. The van der Waals surface area contributed by atoms with Gasteiger partial charge in [-0.1, -0.05) is 18.2 Å². The standard InChI is InChI=1S/C17H13N3O3/c21-16(8-9-17(22)23)18-13-6-4-12(5-7-13)14-11-20-10-2-1-3-15(20)19-14/h1-11H,(H,18,21)(H,22,23). The van der Waals surface area contributed by atoms with Crippen molar-refractivity contribution in [2.24, 2.45) is 0 Å². The highest BCUT2D eigenvalue weighted by molar-refractivity contribution is 6.02. The summed E-state index contributed by atoms with van der Waals surface area (Å²) in [5.74, 6) is -1.66. The van der Waals surface area contributed by atoms with Crippen LogP contribution in [0.4, 0.5) is 5.69 Å². The number of hydrogen-bond donors (Lipinski definition) is 2. The molecule has 0 unspecified atom stereocenters. The number of amides is 1. The van der Waals surface area contributed by atoms with Crippen molar-refractivity contribution in [3.05, 3.63) is 67.0 Å². The van der Waals surface area contributed by atoms with E-state index in [2.05, 4.69) is 10.3 Å². The van der Waals surface area contributed by atoms with Crippen LogP contribution in [0, 0.1) is 0 Å². The predicted octanol–water partition coefficient (Wildman–Crippen LogP) is 2.58. The van der Waals surface area contributed by atoms with E-state index in [0.29, 0.717) is 5.69 Å². The molecule has 3 aromatic rings. The Labute approximate surface area is 131 Å². The molecule has 2 heterocycles. The van der Waals surface area contributed by atoms with Crippen LogP contribution in [-0.4, -0.2) is 26.4 Å². The summed E-state index contributed by atoms with van der Waals surface area (Å²) in [4.78, 5) is 26.4. The van der Waals surface area contributed by atoms with Gasteiger partial charge >= 0.3 is 5.97 Å². The summed E-state index contributed by atoms with van der Waals surface area (Å²) in [6.45, 7) is 0. The Morgan fingerprint density at radius 2 is 1.87 bits per heavy atom. The molecular weight excluding hydrogens is 294 g/mol. The quantitative estimate of drug-likeness (QED) is 0.726. The van der Waals surface area contributed by atoms with Crippen LogP contribution in [0.5, 0.6) is 0 Å². The summed E-state index contributed by atoms with van der Waals surface area (Å²) in [6.07, 6.45) is 5.62. The molecule has 3 rings (SSSR count). The molecule has 0 fully saturated rings. The fourth-order valence-corrected chi connectivity index (χ4v) is 2.13. The van der Waals surface area contributed by atoms with E-state index < -0.39 is 11.9 Å². The first-order valence-electron chi connectivity index (χ1n) is 6.88. The van der Waals surface area contributed by atoms with E-state index in [1.165, 1.54) is 0 Å². The molecule has 23 heavy (non-hydrogen) atoms. The molecule has 1 aromatic carbocycles. The molecule has 0 radical (unpaired) electrons. The lowest BCUT2D eigenvalue weighted by Crippen LogP contribution is -2.08. The Morgan fingerprint density at radius 1 is 1.09 bits per heavy atom. The van der Waals surface area contributed by atoms with Crippen molar-refractivity contribution >= 4 is 23.2 Å². The van der Waals surface area contributed by atoms with Gasteiger partial charge in [0.1, 0.15) is 5.65 Å². The summed E-state index contributed by atoms with van der Waals surface area (Å²) in [6, 6.07) is 13.0. The van der Waals surface area contributed by atoms with Gasteiger partial charge in [0.05, 0.1) is 5.69 Å². The van der Waals surface area contributed by atoms with Crippen LogP contribution in [0.2, 0.25) is 0 Å². The fraction of sp³-hybridized carbons (Fsp3) is 0. The van der Waals surface area contributed by atoms with Gasteiger partial charge in [0.25, 0.3) is 0 Å². The third-order valence-corrected chi connectivity index (χ3v) is 3.19. The molecule has 1 amide bonds. The Balaban J connectivity index is 1.76. The lowest BCUT2D eigenvalue weighted by atomic mass is 10.1. The fourth-order valence-electron chi connectivity index (χ4n) is 2.13. The minimum atomic E-state index is -1.16. The second-order valence-electron chi connectivity index (χ2n) is 4.83. The zero-order valence-corrected chi connectivity index (χ0v) is 12.0. The lowest BCUT2D eigenvalue weighted by molar-refractivity contribution is -0.131. The van der Waals surface area contributed by atoms with Crippen LogP contribution in [0.1, 0.15) is 0 Å². The predicted molar refractivity (Wildman–Crippen MR) is 86.0 cm³/mol. The van der Waals surface area contributed by atoms with Crippen LogP contribution >= 0.6 is 0 Å². The van der Waals surface area contributed by atoms with Gasteiger partial charge in [0.15, 0.2) is 0 Å². The first kappa shape index (κ1) is 14.5. The number of nitrogens with one attached hydrogen (secondary N) is 1. The second-order valence-corrected chi connectivity index (χ2v) is 4.83. The first-order valence-corrected chi connectivity index (χ1v) is 6.88. The number of rotatable bonds is 4. The summed E-state index contributed by atoms with van der Waals surface area (Å²) in [7, 11) is 0. The van der Waals surface area contributed by atoms with Crippen LogP contribution in [0.3, 0.4) is 0 Å². The van der Waals surface area contributed by atoms with Gasteiger partial charge in [-0.3, -0.25) is 4.79 Å². The van der Waals surface area contributed by atoms with Crippen LogP contribution < -0.4 is 5.32 Å². The van der Waals surface area contributed by atoms with E-state index in [0.717, 1.165) is 29.1 Å². The molecule has 114 valence electrons. The summed E-state index contributed by atoms with van der Waals surface area (Å²) in [5.41, 5.74) is 3.20. The van der Waals surface area contributed by atoms with Crippen LogP contribution in [0.25, 0.3) is 16.9 Å². The van der Waals surface area contributed by atoms with Crippen molar-refractivity contribution in [1.29, 1.82) is 0 Å². The van der Waals surface area contributed by atoms with Crippen LogP contribution in [0.15, 0.2) is 67.0 Å². The first-order chi connectivity index (χ1) is 11.1. The van der Waals surface area contributed by atoms with Crippen molar-refractivity contribution in [3.63, 3.8) is 0 Å². The molecule has 2 aromatic heterocycles. The average molecular weight is 307 g/mol. The second kappa shape index (κ2) is 6.15. The van der Waals surface area contributed by atoms with Gasteiger partial charge in [-0.2, -0.15) is 0 Å². The average Bonchev–Trinajstić information content (AvgIpc) is 2.97. The normalized spacial score (nSPS) is 11.0. The molecule has 6 nitrogen and oxygen atoms in total. The highest BCUT2D eigenvalue weighted by Gasteiger charge is 2.05. The molecule has 2 N–H and O–H groups in total. The summed E-state index contributed by atoms with van der Waals surface area (Å²) < 4.78 is 1.93. The zero-order chi connectivity index (χ0) is 16.2. The minimum Gasteiger partial charge on any atom is -0.478 e. The van der Waals surface area contributed by atoms with E-state index in [9.17, 15) is 9.59 Å². The van der Waals surface area contributed by atoms with Gasteiger partial charge in [-0.15, -0.1) is 0 Å². The van der Waals surface area contributed by atoms with Crippen molar-refractivity contribution in [1.82, 2.24) is 9.38 Å². The Bertz CT molecular complexity index is 862. The number of aliphatic carboxylic acids is 1. The Morgan fingerprint density at radius 3 is 2.57 bits per heavy atom. The SMILES string of the molecule is O=C(O)C=CC(=O)Nc1ccc(-c2cn3ccccc3n2)cc1. The van der Waals surface area contributed by atoms with Gasteiger partial charge in [0, 0.05) is 35.8 Å². The molecule has 6 heteroatoms. The Hall–Kier alpha value is -3.41. The Kier molecular flexibility index (Phi) is 3.88. The number of carbonyl (C=O) groups is 2. The van der Waals surface area contributed by atoms with Gasteiger partial charge in [0.2, 0.25) is 5.91 Å². The lowest BCUT2D eigenvalue weighted by Gasteiger charge is -2.03. The number of fused-ring (bicyclic) bond motifs is 1. The van der Waals surface area contributed by atoms with Crippen molar-refractivity contribution in [2.75, 3.05) is 5.32 Å². The highest BCUT2D eigenvalue weighted by Crippen LogP contribution is 2.21. The number of hydrogen-bond acceptors (Lipinski definition) is 3. The van der Waals surface area contributed by atoms with Gasteiger partial charge in [-0.25, -0.2) is 9.78 Å². The maximum atomic E-state index is 11.5. The maximum absolute atomic E-state index is 11.5. The van der Waals surface area contributed by atoms with Crippen molar-refractivity contribution in [3.8, 4) is 11.3 Å². The van der Waals surface area contributed by atoms with E-state index in [4.69, 9.17) is 5.11 Å². The van der Waals surface area contributed by atoms with Crippen LogP contribution in [-0.2, 0) is 9.59 Å². The largest absolute Gasteiger partial charge is 0.478 e.